The van der Waals surface area contributed by atoms with E-state index >= 15 is 4.39 Å². The van der Waals surface area contributed by atoms with Crippen LogP contribution in [-0.2, 0) is 76.9 Å². The van der Waals surface area contributed by atoms with Crippen molar-refractivity contribution in [1.29, 1.82) is 0 Å². The summed E-state index contributed by atoms with van der Waals surface area (Å²) >= 11 is 0. The highest BCUT2D eigenvalue weighted by molar-refractivity contribution is 6.60. The zero-order chi connectivity index (χ0) is 63.5. The highest BCUT2D eigenvalue weighted by Gasteiger charge is 2.44. The number of esters is 1. The SMILES string of the molecule is CCC(=O)NCCC(=O)N[C@@H](CCC(=O)NC[C@H]1O[C@@H](CC(N)=O)[C@H](O)[C@@H]1O)C(=O)N[C@H](C(=O)N[C@@H](C)C(=O)NCOCC(C)(C)C(=O)N[C@@H]1[B]c2c3c(nc4cc(F)c(C)c(c24)CC1)-c1ccc(COC(=O)C(O)(CC)CC)c(=O)n1C3)C(C)C. The van der Waals surface area contributed by atoms with Crippen LogP contribution >= 0.6 is 0 Å². The summed E-state index contributed by atoms with van der Waals surface area (Å²) in [6, 6.07) is 0.787. The van der Waals surface area contributed by atoms with Gasteiger partial charge >= 0.3 is 5.97 Å². The number of hydrogen-bond acceptors (Lipinski definition) is 17. The molecule has 26 nitrogen and oxygen atoms in total. The summed E-state index contributed by atoms with van der Waals surface area (Å²) < 4.78 is 33.8. The lowest BCUT2D eigenvalue weighted by Gasteiger charge is -2.27. The van der Waals surface area contributed by atoms with Crippen molar-refractivity contribution in [3.05, 3.63) is 56.6 Å². The van der Waals surface area contributed by atoms with Gasteiger partial charge < -0.3 is 77.0 Å². The topological polar surface area (TPSA) is 387 Å². The van der Waals surface area contributed by atoms with Crippen LogP contribution in [0.2, 0.25) is 0 Å². The van der Waals surface area contributed by atoms with E-state index < -0.39 is 124 Å². The molecule has 8 amide bonds. The molecule has 1 aromatic carbocycles. The Bertz CT molecular complexity index is 3140. The molecular formula is C58H81BFN10O16. The number of carbonyl (C=O) groups excluding carboxylic acids is 9. The number of pyridine rings is 2. The maximum absolute atomic E-state index is 15.6. The van der Waals surface area contributed by atoms with Crippen molar-refractivity contribution >= 4 is 76.9 Å². The van der Waals surface area contributed by atoms with Crippen LogP contribution in [0.5, 0.6) is 0 Å². The van der Waals surface area contributed by atoms with Gasteiger partial charge in [0.1, 0.15) is 55.6 Å². The zero-order valence-electron chi connectivity index (χ0n) is 50.1. The van der Waals surface area contributed by atoms with Crippen molar-refractivity contribution in [2.24, 2.45) is 17.1 Å². The molecule has 469 valence electrons. The molecule has 3 aliphatic heterocycles. The fraction of sp³-hybridized carbons (Fsp3) is 0.603. The van der Waals surface area contributed by atoms with E-state index in [1.807, 2.05) is 7.28 Å². The van der Waals surface area contributed by atoms with Gasteiger partial charge in [0, 0.05) is 44.4 Å². The summed E-state index contributed by atoms with van der Waals surface area (Å²) in [5, 5.41) is 50.5. The van der Waals surface area contributed by atoms with Gasteiger partial charge in [0.15, 0.2) is 12.9 Å². The molecule has 3 aromatic rings. The number of primary amides is 1. The van der Waals surface area contributed by atoms with Crippen LogP contribution in [0.3, 0.4) is 0 Å². The molecule has 0 spiro atoms. The standard InChI is InChI=1S/C58H81BFN10O16/c1-10-42(72)62-20-19-44(74)66-35(15-18-43(73)63-23-39-50(76)49(75)38(86-39)22-41(61)71)52(78)69-47(28(4)5)53(79)65-30(7)51(77)64-27-84-26-57(8,9)55(81)68-40-17-14-32-29(6)34(60)21-36-45(32)46(59-40)33-24-70-37(48(33)67-36)16-13-31(54(70)80)25-85-56(82)58(83,11-2)12-3/h13,16,21,28,30,35,38-40,47,49-50,75-76,83H,10-12,14-15,17-20,22-27H2,1-9H3,(H2,61,71)(H,62,72)(H,63,73)(H,64,77)(H,65,79)(H,66,74)(H,68,81)(H,69,78)/t30-,35-,38-,39+,40-,47-,49-,50+/m0/s1. The van der Waals surface area contributed by atoms with E-state index in [0.29, 0.717) is 51.7 Å². The van der Waals surface area contributed by atoms with E-state index in [2.05, 4.69) is 37.2 Å². The fourth-order valence-electron chi connectivity index (χ4n) is 10.4. The summed E-state index contributed by atoms with van der Waals surface area (Å²) in [4.78, 5) is 136. The van der Waals surface area contributed by atoms with E-state index in [1.54, 1.807) is 61.5 Å². The second-order valence-corrected chi connectivity index (χ2v) is 23.1. The van der Waals surface area contributed by atoms with Crippen LogP contribution < -0.4 is 54.0 Å². The van der Waals surface area contributed by atoms with Crippen molar-refractivity contribution in [3.8, 4) is 11.4 Å². The average molecular weight is 1200 g/mol. The third kappa shape index (κ3) is 16.4. The summed E-state index contributed by atoms with van der Waals surface area (Å²) in [5.74, 6) is -7.47. The predicted molar refractivity (Wildman–Crippen MR) is 310 cm³/mol. The number of ether oxygens (including phenoxy) is 3. The van der Waals surface area contributed by atoms with Crippen molar-refractivity contribution < 1.29 is 77.1 Å². The lowest BCUT2D eigenvalue weighted by Crippen LogP contribution is -2.58. The minimum Gasteiger partial charge on any atom is -0.458 e. The van der Waals surface area contributed by atoms with Crippen molar-refractivity contribution in [2.45, 2.75) is 187 Å². The first kappa shape index (κ1) is 67.7. The van der Waals surface area contributed by atoms with Crippen LogP contribution in [0.25, 0.3) is 22.3 Å². The third-order valence-corrected chi connectivity index (χ3v) is 16.0. The summed E-state index contributed by atoms with van der Waals surface area (Å²) in [5.41, 5.74) is 5.94. The van der Waals surface area contributed by atoms with E-state index in [4.69, 9.17) is 24.9 Å². The average Bonchev–Trinajstić information content (AvgIpc) is 1.54. The fourth-order valence-corrected chi connectivity index (χ4v) is 10.4. The number of halogens is 1. The number of aromatic nitrogens is 2. The van der Waals surface area contributed by atoms with Crippen LogP contribution in [0, 0.1) is 24.1 Å². The molecule has 1 radical (unpaired) electrons. The first-order valence-electron chi connectivity index (χ1n) is 29.1. The van der Waals surface area contributed by atoms with Gasteiger partial charge in [0.05, 0.1) is 53.6 Å². The second-order valence-electron chi connectivity index (χ2n) is 23.1. The Morgan fingerprint density at radius 3 is 2.26 bits per heavy atom. The molecule has 6 rings (SSSR count). The Kier molecular flexibility index (Phi) is 23.1. The molecule has 1 fully saturated rings. The van der Waals surface area contributed by atoms with Crippen LogP contribution in [0.1, 0.15) is 129 Å². The number of amides is 8. The number of nitrogens with two attached hydrogens (primary N) is 1. The Balaban J connectivity index is 1.03. The van der Waals surface area contributed by atoms with Gasteiger partial charge in [0.25, 0.3) is 5.56 Å². The Morgan fingerprint density at radius 1 is 0.895 bits per heavy atom. The van der Waals surface area contributed by atoms with Gasteiger partial charge in [-0.15, -0.1) is 0 Å². The highest BCUT2D eigenvalue weighted by atomic mass is 19.1. The molecule has 12 N–H and O–H groups in total. The molecule has 2 aromatic heterocycles. The van der Waals surface area contributed by atoms with Gasteiger partial charge in [-0.2, -0.15) is 0 Å². The largest absolute Gasteiger partial charge is 0.458 e. The van der Waals surface area contributed by atoms with Crippen LogP contribution in [0.15, 0.2) is 23.0 Å². The monoisotopic (exact) mass is 1200 g/mol. The normalized spacial score (nSPS) is 18.9. The first-order valence-corrected chi connectivity index (χ1v) is 29.1. The van der Waals surface area contributed by atoms with E-state index in [1.165, 1.54) is 23.6 Å². The minimum absolute atomic E-state index is 0.0458. The van der Waals surface area contributed by atoms with Gasteiger partial charge in [-0.25, -0.2) is 14.2 Å². The van der Waals surface area contributed by atoms with Gasteiger partial charge in [0.2, 0.25) is 47.3 Å². The number of aliphatic hydroxyl groups excluding tert-OH is 2. The van der Waals surface area contributed by atoms with Gasteiger partial charge in [-0.3, -0.25) is 43.2 Å². The number of aliphatic hydroxyl groups is 3. The summed E-state index contributed by atoms with van der Waals surface area (Å²) in [6.45, 7) is 13.5. The Morgan fingerprint density at radius 2 is 1.59 bits per heavy atom. The number of hydrogen-bond donors (Lipinski definition) is 11. The molecule has 0 bridgehead atoms. The number of nitrogens with one attached hydrogen (secondary N) is 7. The molecule has 5 heterocycles. The molecule has 86 heavy (non-hydrogen) atoms. The van der Waals surface area contributed by atoms with Crippen molar-refractivity contribution in [2.75, 3.05) is 26.4 Å². The van der Waals surface area contributed by atoms with E-state index in [0.717, 1.165) is 5.56 Å². The molecular weight excluding hydrogens is 1120 g/mol. The number of rotatable bonds is 29. The highest BCUT2D eigenvalue weighted by Crippen LogP contribution is 2.35. The first-order chi connectivity index (χ1) is 40.5. The zero-order valence-corrected chi connectivity index (χ0v) is 50.1. The third-order valence-electron chi connectivity index (χ3n) is 16.0. The lowest BCUT2D eigenvalue weighted by molar-refractivity contribution is -0.167. The van der Waals surface area contributed by atoms with Gasteiger partial charge in [-0.1, -0.05) is 40.1 Å². The molecule has 0 aliphatic carbocycles. The summed E-state index contributed by atoms with van der Waals surface area (Å²) in [7, 11) is 1.90. The second kappa shape index (κ2) is 29.3. The lowest BCUT2D eigenvalue weighted by atomic mass is 9.60. The molecule has 1 saturated heterocycles. The Hall–Kier alpha value is -7.40. The molecule has 3 aliphatic rings. The number of fused-ring (bicyclic) bond motifs is 4. The maximum atomic E-state index is 15.6. The maximum Gasteiger partial charge on any atom is 0.338 e. The minimum atomic E-state index is -1.68. The Labute approximate surface area is 498 Å². The van der Waals surface area contributed by atoms with Gasteiger partial charge in [-0.05, 0) is 99.9 Å². The number of aryl methyl sites for hydroxylation is 1. The quantitative estimate of drug-likeness (QED) is 0.0129. The van der Waals surface area contributed by atoms with E-state index in [9.17, 15) is 63.3 Å². The van der Waals surface area contributed by atoms with Crippen molar-refractivity contribution in [3.63, 3.8) is 0 Å². The number of nitrogens with zero attached hydrogens (tertiary/aromatic N) is 2. The predicted octanol–water partition coefficient (Wildman–Crippen LogP) is -1.39. The molecule has 28 heteroatoms. The summed E-state index contributed by atoms with van der Waals surface area (Å²) in [6.07, 6.45) is -5.05. The van der Waals surface area contributed by atoms with Crippen molar-refractivity contribution in [1.82, 2.24) is 46.8 Å². The number of benzene rings is 1. The molecule has 8 atom stereocenters. The van der Waals surface area contributed by atoms with E-state index in [-0.39, 0.29) is 96.0 Å². The smallest absolute Gasteiger partial charge is 0.338 e. The molecule has 0 unspecified atom stereocenters. The number of carbonyl (C=O) groups is 9. The van der Waals surface area contributed by atoms with Crippen LogP contribution in [-0.4, -0.2) is 166 Å². The molecule has 0 saturated carbocycles. The van der Waals surface area contributed by atoms with Crippen LogP contribution in [0.4, 0.5) is 4.39 Å².